The van der Waals surface area contributed by atoms with Gasteiger partial charge in [-0.2, -0.15) is 5.26 Å². The standard InChI is InChI=1S/C22H18F2N4O3/c23-18(24)11-26-21(30)17(19-20(29)22(31)28-12-27-19)9-13-1-5-15(6-2-13)16-7-3-14(10-25)4-8-16/h1-8,12,17-18,29H,9,11H2,(H,26,30)(H,27,28,31). The first-order chi connectivity index (χ1) is 14.9. The maximum atomic E-state index is 12.5. The summed E-state index contributed by atoms with van der Waals surface area (Å²) >= 11 is 0. The molecule has 3 aromatic rings. The van der Waals surface area contributed by atoms with Crippen molar-refractivity contribution in [3.63, 3.8) is 0 Å². The van der Waals surface area contributed by atoms with Gasteiger partial charge in [0.2, 0.25) is 11.7 Å². The molecule has 0 saturated carbocycles. The third-order valence-electron chi connectivity index (χ3n) is 4.68. The third-order valence-corrected chi connectivity index (χ3v) is 4.68. The molecule has 2 aromatic carbocycles. The zero-order valence-electron chi connectivity index (χ0n) is 16.2. The van der Waals surface area contributed by atoms with Gasteiger partial charge in [0.05, 0.1) is 30.4 Å². The van der Waals surface area contributed by atoms with Crippen LogP contribution in [0.25, 0.3) is 11.1 Å². The molecule has 0 aliphatic rings. The van der Waals surface area contributed by atoms with E-state index in [1.165, 1.54) is 0 Å². The van der Waals surface area contributed by atoms with Crippen molar-refractivity contribution >= 4 is 5.91 Å². The molecule has 31 heavy (non-hydrogen) atoms. The number of nitrogens with one attached hydrogen (secondary N) is 2. The molecular formula is C22H18F2N4O3. The van der Waals surface area contributed by atoms with E-state index in [0.29, 0.717) is 11.1 Å². The molecule has 0 fully saturated rings. The van der Waals surface area contributed by atoms with E-state index in [1.807, 2.05) is 24.3 Å². The predicted molar refractivity (Wildman–Crippen MR) is 109 cm³/mol. The van der Waals surface area contributed by atoms with Crippen molar-refractivity contribution in [2.24, 2.45) is 0 Å². The van der Waals surface area contributed by atoms with Gasteiger partial charge in [-0.15, -0.1) is 0 Å². The van der Waals surface area contributed by atoms with Crippen LogP contribution in [0.2, 0.25) is 0 Å². The minimum Gasteiger partial charge on any atom is -0.502 e. The molecule has 0 spiro atoms. The summed E-state index contributed by atoms with van der Waals surface area (Å²) in [5, 5.41) is 21.1. The van der Waals surface area contributed by atoms with Gasteiger partial charge in [-0.25, -0.2) is 13.8 Å². The lowest BCUT2D eigenvalue weighted by Gasteiger charge is -2.17. The number of aromatic hydroxyl groups is 1. The van der Waals surface area contributed by atoms with E-state index in [4.69, 9.17) is 5.26 Å². The molecule has 0 aliphatic heterocycles. The predicted octanol–water partition coefficient (Wildman–Crippen LogP) is 2.72. The average Bonchev–Trinajstić information content (AvgIpc) is 2.78. The van der Waals surface area contributed by atoms with E-state index < -0.39 is 36.1 Å². The SMILES string of the molecule is N#Cc1ccc(-c2ccc(CC(C(=O)NCC(F)F)c3nc[nH]c(=O)c3O)cc2)cc1. The molecule has 1 amide bonds. The van der Waals surface area contributed by atoms with Gasteiger partial charge in [0, 0.05) is 0 Å². The van der Waals surface area contributed by atoms with E-state index >= 15 is 0 Å². The summed E-state index contributed by atoms with van der Waals surface area (Å²) < 4.78 is 25.1. The fraction of sp³-hybridized carbons (Fsp3) is 0.182. The molecule has 7 nitrogen and oxygen atoms in total. The summed E-state index contributed by atoms with van der Waals surface area (Å²) in [5.74, 6) is -2.64. The summed E-state index contributed by atoms with van der Waals surface area (Å²) in [6, 6.07) is 16.2. The van der Waals surface area contributed by atoms with Gasteiger partial charge >= 0.3 is 0 Å². The fourth-order valence-electron chi connectivity index (χ4n) is 3.08. The lowest BCUT2D eigenvalue weighted by Crippen LogP contribution is -2.34. The van der Waals surface area contributed by atoms with Crippen molar-refractivity contribution in [2.75, 3.05) is 6.54 Å². The van der Waals surface area contributed by atoms with Crippen LogP contribution in [-0.2, 0) is 11.2 Å². The number of halogens is 2. The van der Waals surface area contributed by atoms with E-state index in [9.17, 15) is 23.5 Å². The lowest BCUT2D eigenvalue weighted by atomic mass is 9.93. The van der Waals surface area contributed by atoms with Gasteiger partial charge in [0.25, 0.3) is 12.0 Å². The fourth-order valence-corrected chi connectivity index (χ4v) is 3.08. The second-order valence-electron chi connectivity index (χ2n) is 6.74. The van der Waals surface area contributed by atoms with Crippen LogP contribution in [0.5, 0.6) is 5.75 Å². The maximum absolute atomic E-state index is 12.5. The van der Waals surface area contributed by atoms with Gasteiger partial charge < -0.3 is 15.4 Å². The highest BCUT2D eigenvalue weighted by Crippen LogP contribution is 2.26. The highest BCUT2D eigenvalue weighted by Gasteiger charge is 2.27. The van der Waals surface area contributed by atoms with E-state index in [0.717, 1.165) is 17.5 Å². The average molecular weight is 424 g/mol. The van der Waals surface area contributed by atoms with Crippen LogP contribution in [0.4, 0.5) is 8.78 Å². The zero-order valence-corrected chi connectivity index (χ0v) is 16.2. The molecular weight excluding hydrogens is 406 g/mol. The van der Waals surface area contributed by atoms with Crippen LogP contribution in [0.1, 0.15) is 22.7 Å². The van der Waals surface area contributed by atoms with Crippen molar-refractivity contribution in [3.05, 3.63) is 82.0 Å². The number of aromatic nitrogens is 2. The Morgan fingerprint density at radius 2 is 1.74 bits per heavy atom. The number of alkyl halides is 2. The summed E-state index contributed by atoms with van der Waals surface area (Å²) in [6.45, 7) is -0.850. The number of aromatic amines is 1. The Balaban J connectivity index is 1.86. The molecule has 3 rings (SSSR count). The van der Waals surface area contributed by atoms with Gasteiger partial charge in [-0.3, -0.25) is 9.59 Å². The maximum Gasteiger partial charge on any atom is 0.293 e. The van der Waals surface area contributed by atoms with Crippen LogP contribution in [-0.4, -0.2) is 34.0 Å². The summed E-state index contributed by atoms with van der Waals surface area (Å²) in [7, 11) is 0. The first kappa shape index (κ1) is 21.6. The minimum atomic E-state index is -2.74. The first-order valence-electron chi connectivity index (χ1n) is 9.31. The number of nitriles is 1. The zero-order chi connectivity index (χ0) is 22.4. The third kappa shape index (κ3) is 5.30. The van der Waals surface area contributed by atoms with Gasteiger partial charge in [-0.05, 0) is 35.2 Å². The Morgan fingerprint density at radius 3 is 2.32 bits per heavy atom. The molecule has 3 N–H and O–H groups in total. The number of H-pyrrole nitrogens is 1. The quantitative estimate of drug-likeness (QED) is 0.539. The number of carbonyl (C=O) groups is 1. The van der Waals surface area contributed by atoms with Crippen LogP contribution in [0.15, 0.2) is 59.7 Å². The van der Waals surface area contributed by atoms with E-state index in [1.54, 1.807) is 24.3 Å². The number of hydrogen-bond acceptors (Lipinski definition) is 5. The molecule has 0 aliphatic carbocycles. The van der Waals surface area contributed by atoms with Gasteiger partial charge in [-0.1, -0.05) is 36.4 Å². The molecule has 1 heterocycles. The van der Waals surface area contributed by atoms with Crippen LogP contribution in [0, 0.1) is 11.3 Å². The number of benzene rings is 2. The van der Waals surface area contributed by atoms with Crippen molar-refractivity contribution < 1.29 is 18.7 Å². The highest BCUT2D eigenvalue weighted by molar-refractivity contribution is 5.84. The highest BCUT2D eigenvalue weighted by atomic mass is 19.3. The number of amides is 1. The normalized spacial score (nSPS) is 11.7. The number of nitrogens with zero attached hydrogens (tertiary/aromatic N) is 2. The van der Waals surface area contributed by atoms with Crippen LogP contribution < -0.4 is 10.9 Å². The molecule has 0 radical (unpaired) electrons. The Bertz CT molecular complexity index is 1150. The molecule has 1 atom stereocenters. The van der Waals surface area contributed by atoms with Gasteiger partial charge in [0.15, 0.2) is 0 Å². The van der Waals surface area contributed by atoms with Crippen molar-refractivity contribution in [1.82, 2.24) is 15.3 Å². The van der Waals surface area contributed by atoms with Crippen molar-refractivity contribution in [1.29, 1.82) is 5.26 Å². The van der Waals surface area contributed by atoms with Crippen molar-refractivity contribution in [3.8, 4) is 22.9 Å². The Morgan fingerprint density at radius 1 is 1.13 bits per heavy atom. The summed E-state index contributed by atoms with van der Waals surface area (Å²) in [4.78, 5) is 30.3. The molecule has 0 saturated heterocycles. The lowest BCUT2D eigenvalue weighted by molar-refractivity contribution is -0.123. The molecule has 158 valence electrons. The summed E-state index contributed by atoms with van der Waals surface area (Å²) in [5.41, 5.74) is 1.98. The van der Waals surface area contributed by atoms with E-state index in [2.05, 4.69) is 21.4 Å². The largest absolute Gasteiger partial charge is 0.502 e. The monoisotopic (exact) mass is 424 g/mol. The van der Waals surface area contributed by atoms with Gasteiger partial charge in [0.1, 0.15) is 5.69 Å². The molecule has 9 heteroatoms. The molecule has 1 aromatic heterocycles. The number of carbonyl (C=O) groups excluding carboxylic acids is 1. The smallest absolute Gasteiger partial charge is 0.293 e. The Kier molecular flexibility index (Phi) is 6.72. The molecule has 0 bridgehead atoms. The van der Waals surface area contributed by atoms with E-state index in [-0.39, 0.29) is 12.1 Å². The Hall–Kier alpha value is -4.06. The Labute approximate surface area is 176 Å². The summed E-state index contributed by atoms with van der Waals surface area (Å²) in [6.07, 6.45) is -1.66. The topological polar surface area (TPSA) is 119 Å². The number of rotatable bonds is 7. The van der Waals surface area contributed by atoms with Crippen LogP contribution in [0.3, 0.4) is 0 Å². The second kappa shape index (κ2) is 9.63. The minimum absolute atomic E-state index is 0.0345. The first-order valence-corrected chi connectivity index (χ1v) is 9.31. The van der Waals surface area contributed by atoms with Crippen molar-refractivity contribution in [2.45, 2.75) is 18.8 Å². The molecule has 1 unspecified atom stereocenters. The number of hydrogen-bond donors (Lipinski definition) is 3. The van der Waals surface area contributed by atoms with Crippen LogP contribution >= 0.6 is 0 Å². The second-order valence-corrected chi connectivity index (χ2v) is 6.74.